The smallest absolute Gasteiger partial charge is 0.227 e. The third-order valence-corrected chi connectivity index (χ3v) is 5.59. The van der Waals surface area contributed by atoms with Crippen LogP contribution in [0.1, 0.15) is 37.7 Å². The number of rotatable bonds is 4. The zero-order valence-electron chi connectivity index (χ0n) is 14.2. The van der Waals surface area contributed by atoms with Crippen molar-refractivity contribution in [2.75, 3.05) is 20.1 Å². The molecule has 4 nitrogen and oxygen atoms in total. The third kappa shape index (κ3) is 3.93. The summed E-state index contributed by atoms with van der Waals surface area (Å²) in [5.41, 5.74) is 7.47. The fourth-order valence-corrected chi connectivity index (χ4v) is 4.04. The topological polar surface area (TPSA) is 49.6 Å². The summed E-state index contributed by atoms with van der Waals surface area (Å²) < 4.78 is 0. The number of likely N-dealkylation sites (tertiary alicyclic amines) is 1. The summed E-state index contributed by atoms with van der Waals surface area (Å²) in [6, 6.07) is 11.1. The van der Waals surface area contributed by atoms with E-state index in [9.17, 15) is 4.79 Å². The zero-order chi connectivity index (χ0) is 16.2. The number of benzene rings is 1. The summed E-state index contributed by atoms with van der Waals surface area (Å²) >= 11 is 0. The standard InChI is InChI=1S/C19H29N3O/c1-21(19(23)17-8-5-9-18(17)20)16-10-12-22(13-11-16)14-15-6-3-2-4-7-15/h2-4,6-7,16-18H,5,8-14,20H2,1H3. The van der Waals surface area contributed by atoms with Gasteiger partial charge in [-0.25, -0.2) is 0 Å². The second-order valence-electron chi connectivity index (χ2n) is 7.14. The van der Waals surface area contributed by atoms with Gasteiger partial charge in [-0.2, -0.15) is 0 Å². The van der Waals surface area contributed by atoms with Crippen LogP contribution in [0.4, 0.5) is 0 Å². The number of nitrogens with zero attached hydrogens (tertiary/aromatic N) is 2. The highest BCUT2D eigenvalue weighted by Crippen LogP contribution is 2.27. The van der Waals surface area contributed by atoms with Crippen molar-refractivity contribution < 1.29 is 4.79 Å². The van der Waals surface area contributed by atoms with Gasteiger partial charge in [0.1, 0.15) is 0 Å². The minimum atomic E-state index is 0.0577. The molecule has 1 aliphatic carbocycles. The largest absolute Gasteiger partial charge is 0.342 e. The van der Waals surface area contributed by atoms with Gasteiger partial charge < -0.3 is 10.6 Å². The highest BCUT2D eigenvalue weighted by molar-refractivity contribution is 5.80. The third-order valence-electron chi connectivity index (χ3n) is 5.59. The van der Waals surface area contributed by atoms with Gasteiger partial charge in [0.2, 0.25) is 5.91 Å². The van der Waals surface area contributed by atoms with Gasteiger partial charge in [0.25, 0.3) is 0 Å². The molecule has 1 amide bonds. The molecule has 0 aromatic heterocycles. The molecule has 23 heavy (non-hydrogen) atoms. The number of carbonyl (C=O) groups excluding carboxylic acids is 1. The van der Waals surface area contributed by atoms with Crippen LogP contribution in [0, 0.1) is 5.92 Å². The van der Waals surface area contributed by atoms with Crippen LogP contribution >= 0.6 is 0 Å². The predicted molar refractivity (Wildman–Crippen MR) is 92.8 cm³/mol. The molecule has 1 saturated heterocycles. The Labute approximate surface area is 139 Å². The number of carbonyl (C=O) groups is 1. The summed E-state index contributed by atoms with van der Waals surface area (Å²) in [5.74, 6) is 0.332. The van der Waals surface area contributed by atoms with E-state index in [0.29, 0.717) is 6.04 Å². The molecule has 2 fully saturated rings. The van der Waals surface area contributed by atoms with Crippen LogP contribution in [0.3, 0.4) is 0 Å². The normalized spacial score (nSPS) is 26.3. The average molecular weight is 315 g/mol. The lowest BCUT2D eigenvalue weighted by molar-refractivity contribution is -0.137. The molecule has 1 aromatic carbocycles. The Kier molecular flexibility index (Phi) is 5.34. The second-order valence-corrected chi connectivity index (χ2v) is 7.14. The van der Waals surface area contributed by atoms with E-state index in [2.05, 4.69) is 35.2 Å². The first kappa shape index (κ1) is 16.5. The minimum absolute atomic E-state index is 0.0577. The predicted octanol–water partition coefficient (Wildman–Crippen LogP) is 2.24. The molecule has 126 valence electrons. The molecule has 1 aromatic rings. The lowest BCUT2D eigenvalue weighted by atomic mass is 9.98. The van der Waals surface area contributed by atoms with E-state index in [1.165, 1.54) is 5.56 Å². The number of nitrogens with two attached hydrogens (primary N) is 1. The molecule has 2 atom stereocenters. The number of amides is 1. The van der Waals surface area contributed by atoms with Crippen LogP contribution in [0.15, 0.2) is 30.3 Å². The van der Waals surface area contributed by atoms with Crippen molar-refractivity contribution in [3.8, 4) is 0 Å². The van der Waals surface area contributed by atoms with E-state index in [-0.39, 0.29) is 17.9 Å². The number of hydrogen-bond donors (Lipinski definition) is 1. The molecule has 4 heteroatoms. The Morgan fingerprint density at radius 1 is 1.17 bits per heavy atom. The van der Waals surface area contributed by atoms with Crippen LogP contribution in [0.25, 0.3) is 0 Å². The first-order chi connectivity index (χ1) is 11.1. The highest BCUT2D eigenvalue weighted by atomic mass is 16.2. The molecule has 1 heterocycles. The molecule has 1 aliphatic heterocycles. The van der Waals surface area contributed by atoms with Crippen molar-refractivity contribution >= 4 is 5.91 Å². The fraction of sp³-hybridized carbons (Fsp3) is 0.632. The summed E-state index contributed by atoms with van der Waals surface area (Å²) in [5, 5.41) is 0. The van der Waals surface area contributed by atoms with Crippen molar-refractivity contribution in [3.05, 3.63) is 35.9 Å². The molecular formula is C19H29N3O. The Balaban J connectivity index is 1.49. The van der Waals surface area contributed by atoms with E-state index in [0.717, 1.165) is 51.7 Å². The molecule has 1 saturated carbocycles. The van der Waals surface area contributed by atoms with Crippen molar-refractivity contribution in [3.63, 3.8) is 0 Å². The Morgan fingerprint density at radius 2 is 1.87 bits per heavy atom. The summed E-state index contributed by atoms with van der Waals surface area (Å²) in [4.78, 5) is 17.1. The molecule has 0 radical (unpaired) electrons. The molecule has 2 aliphatic rings. The van der Waals surface area contributed by atoms with Crippen molar-refractivity contribution in [1.29, 1.82) is 0 Å². The van der Waals surface area contributed by atoms with Crippen LogP contribution in [0.5, 0.6) is 0 Å². The number of hydrogen-bond acceptors (Lipinski definition) is 3. The van der Waals surface area contributed by atoms with Crippen LogP contribution in [-0.2, 0) is 11.3 Å². The molecule has 0 bridgehead atoms. The highest BCUT2D eigenvalue weighted by Gasteiger charge is 2.35. The van der Waals surface area contributed by atoms with Gasteiger partial charge in [-0.15, -0.1) is 0 Å². The Bertz CT molecular complexity index is 511. The van der Waals surface area contributed by atoms with E-state index in [1.54, 1.807) is 0 Å². The van der Waals surface area contributed by atoms with Gasteiger partial charge in [-0.3, -0.25) is 9.69 Å². The van der Waals surface area contributed by atoms with Gasteiger partial charge >= 0.3 is 0 Å². The zero-order valence-corrected chi connectivity index (χ0v) is 14.2. The van der Waals surface area contributed by atoms with Crippen LogP contribution in [0.2, 0.25) is 0 Å². The maximum absolute atomic E-state index is 12.7. The first-order valence-corrected chi connectivity index (χ1v) is 8.93. The van der Waals surface area contributed by atoms with E-state index < -0.39 is 0 Å². The summed E-state index contributed by atoms with van der Waals surface area (Å²) in [7, 11) is 1.98. The minimum Gasteiger partial charge on any atom is -0.342 e. The van der Waals surface area contributed by atoms with Gasteiger partial charge in [0.05, 0.1) is 5.92 Å². The molecule has 0 spiro atoms. The fourth-order valence-electron chi connectivity index (χ4n) is 4.04. The van der Waals surface area contributed by atoms with Crippen molar-refractivity contribution in [1.82, 2.24) is 9.80 Å². The molecule has 2 unspecified atom stereocenters. The van der Waals surface area contributed by atoms with E-state index in [4.69, 9.17) is 5.73 Å². The average Bonchev–Trinajstić information content (AvgIpc) is 3.01. The van der Waals surface area contributed by atoms with Gasteiger partial charge in [-0.1, -0.05) is 36.8 Å². The van der Waals surface area contributed by atoms with Gasteiger partial charge in [0.15, 0.2) is 0 Å². The molecular weight excluding hydrogens is 286 g/mol. The van der Waals surface area contributed by atoms with Gasteiger partial charge in [-0.05, 0) is 31.2 Å². The maximum Gasteiger partial charge on any atom is 0.227 e. The quantitative estimate of drug-likeness (QED) is 0.927. The summed E-state index contributed by atoms with van der Waals surface area (Å²) in [6.45, 7) is 3.14. The Morgan fingerprint density at radius 3 is 2.48 bits per heavy atom. The lowest BCUT2D eigenvalue weighted by Crippen LogP contribution is -2.48. The second kappa shape index (κ2) is 7.45. The maximum atomic E-state index is 12.7. The van der Waals surface area contributed by atoms with Crippen molar-refractivity contribution in [2.24, 2.45) is 11.7 Å². The van der Waals surface area contributed by atoms with Crippen molar-refractivity contribution in [2.45, 2.75) is 50.7 Å². The Hall–Kier alpha value is -1.39. The van der Waals surface area contributed by atoms with E-state index >= 15 is 0 Å². The van der Waals surface area contributed by atoms with Crippen LogP contribution < -0.4 is 5.73 Å². The van der Waals surface area contributed by atoms with Crippen LogP contribution in [-0.4, -0.2) is 47.9 Å². The summed E-state index contributed by atoms with van der Waals surface area (Å²) in [6.07, 6.45) is 5.20. The SMILES string of the molecule is CN(C(=O)C1CCCC1N)C1CCN(Cc2ccccc2)CC1. The first-order valence-electron chi connectivity index (χ1n) is 8.93. The van der Waals surface area contributed by atoms with E-state index in [1.807, 2.05) is 11.9 Å². The van der Waals surface area contributed by atoms with Gasteiger partial charge in [0, 0.05) is 38.8 Å². The molecule has 3 rings (SSSR count). The molecule has 2 N–H and O–H groups in total. The number of piperidine rings is 1. The lowest BCUT2D eigenvalue weighted by Gasteiger charge is -2.38. The monoisotopic (exact) mass is 315 g/mol.